The average molecular weight is 393 g/mol. The summed E-state index contributed by atoms with van der Waals surface area (Å²) in [5.74, 6) is 2.03. The molecule has 154 valence electrons. The Morgan fingerprint density at radius 2 is 1.90 bits per heavy atom. The molecule has 0 radical (unpaired) electrons. The first kappa shape index (κ1) is 19.7. The number of anilines is 1. The predicted octanol–water partition coefficient (Wildman–Crippen LogP) is 5.50. The third-order valence-corrected chi connectivity index (χ3v) is 6.24. The van der Waals surface area contributed by atoms with Crippen molar-refractivity contribution in [2.45, 2.75) is 72.3 Å². The van der Waals surface area contributed by atoms with Gasteiger partial charge < -0.3 is 10.1 Å². The van der Waals surface area contributed by atoms with Crippen molar-refractivity contribution in [1.29, 1.82) is 0 Å². The zero-order valence-corrected chi connectivity index (χ0v) is 18.3. The molecule has 5 nitrogen and oxygen atoms in total. The van der Waals surface area contributed by atoms with Crippen molar-refractivity contribution in [3.63, 3.8) is 0 Å². The smallest absolute Gasteiger partial charge is 0.165 e. The quantitative estimate of drug-likeness (QED) is 0.602. The van der Waals surface area contributed by atoms with Crippen molar-refractivity contribution < 1.29 is 4.74 Å². The van der Waals surface area contributed by atoms with Crippen LogP contribution in [0.15, 0.2) is 18.2 Å². The molecule has 1 aliphatic rings. The molecule has 1 aliphatic carbocycles. The van der Waals surface area contributed by atoms with Crippen molar-refractivity contribution in [3.8, 4) is 16.9 Å². The van der Waals surface area contributed by atoms with Gasteiger partial charge in [-0.05, 0) is 75.6 Å². The number of nitrogens with zero attached hydrogens (tertiary/aromatic N) is 3. The minimum atomic E-state index is 0.447. The lowest BCUT2D eigenvalue weighted by Gasteiger charge is -2.24. The van der Waals surface area contributed by atoms with Crippen LogP contribution in [0.25, 0.3) is 16.8 Å². The van der Waals surface area contributed by atoms with Gasteiger partial charge in [-0.2, -0.15) is 9.61 Å². The average Bonchev–Trinajstić information content (AvgIpc) is 3.06. The van der Waals surface area contributed by atoms with E-state index in [-0.39, 0.29) is 0 Å². The molecular formula is C24H32N4O. The summed E-state index contributed by atoms with van der Waals surface area (Å²) >= 11 is 0. The maximum Gasteiger partial charge on any atom is 0.165 e. The van der Waals surface area contributed by atoms with Crippen molar-refractivity contribution in [2.24, 2.45) is 0 Å². The highest BCUT2D eigenvalue weighted by atomic mass is 16.5. The van der Waals surface area contributed by atoms with Gasteiger partial charge in [0.25, 0.3) is 0 Å². The third-order valence-electron chi connectivity index (χ3n) is 6.24. The van der Waals surface area contributed by atoms with Crippen LogP contribution in [0.1, 0.15) is 62.0 Å². The van der Waals surface area contributed by atoms with Gasteiger partial charge >= 0.3 is 0 Å². The molecule has 4 rings (SSSR count). The zero-order chi connectivity index (χ0) is 20.5. The number of rotatable bonds is 6. The lowest BCUT2D eigenvalue weighted by atomic mass is 9.95. The largest absolute Gasteiger partial charge is 0.497 e. The van der Waals surface area contributed by atoms with Crippen LogP contribution in [0, 0.1) is 13.8 Å². The first-order chi connectivity index (χ1) is 14.1. The first-order valence-electron chi connectivity index (χ1n) is 10.9. The van der Waals surface area contributed by atoms with Gasteiger partial charge in [0.15, 0.2) is 5.65 Å². The van der Waals surface area contributed by atoms with Crippen LogP contribution in [-0.2, 0) is 12.8 Å². The van der Waals surface area contributed by atoms with E-state index in [0.29, 0.717) is 6.04 Å². The SMILES string of the molecule is CCC(CC)Nc1c2c(nc3c(-c4ccc(OC)cc4C)c(C)nn13)CCCC2. The van der Waals surface area contributed by atoms with Gasteiger partial charge in [-0.1, -0.05) is 19.9 Å². The fourth-order valence-electron chi connectivity index (χ4n) is 4.49. The molecule has 5 heteroatoms. The van der Waals surface area contributed by atoms with Crippen molar-refractivity contribution in [3.05, 3.63) is 40.7 Å². The van der Waals surface area contributed by atoms with E-state index in [4.69, 9.17) is 14.8 Å². The van der Waals surface area contributed by atoms with E-state index in [9.17, 15) is 0 Å². The number of aryl methyl sites for hydroxylation is 3. The molecule has 1 aromatic carbocycles. The predicted molar refractivity (Wildman–Crippen MR) is 119 cm³/mol. The molecule has 2 heterocycles. The second kappa shape index (κ2) is 8.05. The zero-order valence-electron chi connectivity index (χ0n) is 18.3. The van der Waals surface area contributed by atoms with Gasteiger partial charge in [-0.15, -0.1) is 0 Å². The van der Waals surface area contributed by atoms with Gasteiger partial charge in [0.1, 0.15) is 11.6 Å². The van der Waals surface area contributed by atoms with Crippen molar-refractivity contribution in [2.75, 3.05) is 12.4 Å². The lowest BCUT2D eigenvalue weighted by Crippen LogP contribution is -2.23. The highest BCUT2D eigenvalue weighted by molar-refractivity contribution is 5.83. The summed E-state index contributed by atoms with van der Waals surface area (Å²) in [5, 5.41) is 8.78. The lowest BCUT2D eigenvalue weighted by molar-refractivity contribution is 0.414. The van der Waals surface area contributed by atoms with E-state index in [1.165, 1.54) is 35.2 Å². The van der Waals surface area contributed by atoms with Crippen LogP contribution in [0.2, 0.25) is 0 Å². The number of ether oxygens (including phenoxy) is 1. The number of aromatic nitrogens is 3. The van der Waals surface area contributed by atoms with Gasteiger partial charge in [-0.3, -0.25) is 0 Å². The van der Waals surface area contributed by atoms with Crippen LogP contribution < -0.4 is 10.1 Å². The molecule has 0 atom stereocenters. The number of fused-ring (bicyclic) bond motifs is 2. The van der Waals surface area contributed by atoms with E-state index in [0.717, 1.165) is 54.2 Å². The van der Waals surface area contributed by atoms with Crippen molar-refractivity contribution >= 4 is 11.5 Å². The first-order valence-corrected chi connectivity index (χ1v) is 10.9. The molecule has 0 saturated carbocycles. The summed E-state index contributed by atoms with van der Waals surface area (Å²) in [6, 6.07) is 6.68. The fourth-order valence-corrected chi connectivity index (χ4v) is 4.49. The Hall–Kier alpha value is -2.56. The molecule has 3 aromatic rings. The van der Waals surface area contributed by atoms with Crippen molar-refractivity contribution in [1.82, 2.24) is 14.6 Å². The topological polar surface area (TPSA) is 51.5 Å². The van der Waals surface area contributed by atoms with Gasteiger partial charge in [0.2, 0.25) is 0 Å². The van der Waals surface area contributed by atoms with Crippen LogP contribution in [0.4, 0.5) is 5.82 Å². The Bertz CT molecular complexity index is 1030. The van der Waals surface area contributed by atoms with Crippen LogP contribution in [0.3, 0.4) is 0 Å². The normalized spacial score (nSPS) is 13.7. The Labute approximate surface area is 173 Å². The summed E-state index contributed by atoms with van der Waals surface area (Å²) in [6.07, 6.45) is 6.76. The number of methoxy groups -OCH3 is 1. The molecule has 0 saturated heterocycles. The Morgan fingerprint density at radius 3 is 2.59 bits per heavy atom. The highest BCUT2D eigenvalue weighted by Crippen LogP contribution is 2.36. The minimum absolute atomic E-state index is 0.447. The number of benzene rings is 1. The summed E-state index contributed by atoms with van der Waals surface area (Å²) in [5.41, 5.74) is 8.06. The molecule has 0 fully saturated rings. The Kier molecular flexibility index (Phi) is 5.48. The van der Waals surface area contributed by atoms with E-state index >= 15 is 0 Å². The molecule has 0 unspecified atom stereocenters. The number of nitrogens with one attached hydrogen (secondary N) is 1. The summed E-state index contributed by atoms with van der Waals surface area (Å²) in [7, 11) is 1.71. The molecule has 0 amide bonds. The molecule has 29 heavy (non-hydrogen) atoms. The molecule has 0 spiro atoms. The molecule has 0 bridgehead atoms. The maximum absolute atomic E-state index is 5.40. The third kappa shape index (κ3) is 3.47. The summed E-state index contributed by atoms with van der Waals surface area (Å²) in [6.45, 7) is 8.70. The molecule has 1 N–H and O–H groups in total. The Morgan fingerprint density at radius 1 is 1.14 bits per heavy atom. The van der Waals surface area contributed by atoms with Gasteiger partial charge in [0.05, 0.1) is 12.8 Å². The standard InChI is InChI=1S/C24H32N4O/c1-6-17(7-2)25-23-20-10-8-9-11-21(20)26-24-22(16(4)27-28(23)24)19-13-12-18(29-5)14-15(19)3/h12-14,17,25H,6-11H2,1-5H3. The monoisotopic (exact) mass is 392 g/mol. The van der Waals surface area contributed by atoms with Crippen LogP contribution in [0.5, 0.6) is 5.75 Å². The van der Waals surface area contributed by atoms with Crippen LogP contribution in [-0.4, -0.2) is 27.7 Å². The number of hydrogen-bond donors (Lipinski definition) is 1. The van der Waals surface area contributed by atoms with E-state index in [1.807, 2.05) is 6.07 Å². The molecular weight excluding hydrogens is 360 g/mol. The van der Waals surface area contributed by atoms with E-state index in [1.54, 1.807) is 7.11 Å². The highest BCUT2D eigenvalue weighted by Gasteiger charge is 2.24. The molecule has 0 aliphatic heterocycles. The van der Waals surface area contributed by atoms with E-state index < -0.39 is 0 Å². The van der Waals surface area contributed by atoms with Gasteiger partial charge in [-0.25, -0.2) is 4.98 Å². The minimum Gasteiger partial charge on any atom is -0.497 e. The Balaban J connectivity index is 1.95. The van der Waals surface area contributed by atoms with Crippen LogP contribution >= 0.6 is 0 Å². The number of hydrogen-bond acceptors (Lipinski definition) is 4. The molecule has 2 aromatic heterocycles. The maximum atomic E-state index is 5.40. The van der Waals surface area contributed by atoms with E-state index in [2.05, 4.69) is 49.7 Å². The van der Waals surface area contributed by atoms with Gasteiger partial charge in [0, 0.05) is 22.9 Å². The second-order valence-corrected chi connectivity index (χ2v) is 8.13. The second-order valence-electron chi connectivity index (χ2n) is 8.13. The summed E-state index contributed by atoms with van der Waals surface area (Å²) in [4.78, 5) is 5.15. The summed E-state index contributed by atoms with van der Waals surface area (Å²) < 4.78 is 7.47. The fraction of sp³-hybridized carbons (Fsp3) is 0.500.